The summed E-state index contributed by atoms with van der Waals surface area (Å²) >= 11 is 0. The maximum absolute atomic E-state index is 11.0. The van der Waals surface area contributed by atoms with Gasteiger partial charge in [0.25, 0.3) is 0 Å². The van der Waals surface area contributed by atoms with Crippen LogP contribution in [0.15, 0.2) is 10.9 Å². The van der Waals surface area contributed by atoms with Crippen LogP contribution in [0.4, 0.5) is 0 Å². The number of allylic oxidation sites excluding steroid dienone is 1. The summed E-state index contributed by atoms with van der Waals surface area (Å²) < 4.78 is 1.52. The predicted octanol–water partition coefficient (Wildman–Crippen LogP) is 0.299. The fourth-order valence-corrected chi connectivity index (χ4v) is 1.26. The van der Waals surface area contributed by atoms with Crippen LogP contribution in [-0.4, -0.2) is 14.7 Å². The van der Waals surface area contributed by atoms with Gasteiger partial charge in [-0.25, -0.2) is 4.79 Å². The van der Waals surface area contributed by atoms with Gasteiger partial charge in [-0.3, -0.25) is 9.55 Å². The van der Waals surface area contributed by atoms with Gasteiger partial charge in [0.2, 0.25) is 5.88 Å². The lowest BCUT2D eigenvalue weighted by Crippen LogP contribution is -2.18. The van der Waals surface area contributed by atoms with E-state index in [1.54, 1.807) is 6.08 Å². The number of hydrogen-bond acceptors (Lipinski definition) is 2. The van der Waals surface area contributed by atoms with Crippen LogP contribution in [0.3, 0.4) is 0 Å². The van der Waals surface area contributed by atoms with Crippen molar-refractivity contribution >= 4 is 6.08 Å². The maximum atomic E-state index is 11.0. The standard InChI is InChI=1S/C7H8N2O2/c10-6-5-3-1-2-4-9(5)7(11)8-6/h1,3,10H,2,4H2,(H,8,11). The summed E-state index contributed by atoms with van der Waals surface area (Å²) in [5.41, 5.74) is 0.350. The highest BCUT2D eigenvalue weighted by molar-refractivity contribution is 5.51. The SMILES string of the molecule is O=c1[nH]c(O)c2n1CCC=C2. The molecular formula is C7H8N2O2. The quantitative estimate of drug-likeness (QED) is 0.561. The van der Waals surface area contributed by atoms with Crippen LogP contribution < -0.4 is 5.69 Å². The summed E-state index contributed by atoms with van der Waals surface area (Å²) in [6, 6.07) is 0. The molecule has 1 aromatic heterocycles. The second kappa shape index (κ2) is 2.02. The molecule has 2 heterocycles. The zero-order valence-electron chi connectivity index (χ0n) is 5.87. The van der Waals surface area contributed by atoms with Crippen LogP contribution in [0.1, 0.15) is 12.1 Å². The first-order valence-electron chi connectivity index (χ1n) is 3.47. The highest BCUT2D eigenvalue weighted by atomic mass is 16.3. The van der Waals surface area contributed by atoms with Gasteiger partial charge in [-0.05, 0) is 12.5 Å². The van der Waals surface area contributed by atoms with E-state index in [4.69, 9.17) is 5.11 Å². The van der Waals surface area contributed by atoms with Crippen molar-refractivity contribution in [3.8, 4) is 5.88 Å². The number of aromatic nitrogens is 2. The average molecular weight is 152 g/mol. The summed E-state index contributed by atoms with van der Waals surface area (Å²) in [6.45, 7) is 0.654. The third kappa shape index (κ3) is 0.790. The molecule has 0 spiro atoms. The van der Waals surface area contributed by atoms with E-state index >= 15 is 0 Å². The Balaban J connectivity index is 2.73. The average Bonchev–Trinajstić information content (AvgIpc) is 2.30. The minimum Gasteiger partial charge on any atom is -0.493 e. The van der Waals surface area contributed by atoms with Crippen molar-refractivity contribution in [2.45, 2.75) is 13.0 Å². The van der Waals surface area contributed by atoms with Gasteiger partial charge in [0.15, 0.2) is 0 Å². The molecule has 0 saturated carbocycles. The van der Waals surface area contributed by atoms with Gasteiger partial charge in [-0.2, -0.15) is 0 Å². The number of aromatic hydroxyl groups is 1. The van der Waals surface area contributed by atoms with Crippen molar-refractivity contribution in [2.24, 2.45) is 0 Å². The van der Waals surface area contributed by atoms with Gasteiger partial charge < -0.3 is 5.11 Å². The summed E-state index contributed by atoms with van der Waals surface area (Å²) in [7, 11) is 0. The molecule has 0 saturated heterocycles. The number of aromatic amines is 1. The van der Waals surface area contributed by atoms with Crippen LogP contribution in [0.5, 0.6) is 5.88 Å². The van der Waals surface area contributed by atoms with Gasteiger partial charge >= 0.3 is 5.69 Å². The summed E-state index contributed by atoms with van der Waals surface area (Å²) in [5, 5.41) is 9.15. The van der Waals surface area contributed by atoms with E-state index in [-0.39, 0.29) is 11.6 Å². The van der Waals surface area contributed by atoms with Gasteiger partial charge in [-0.1, -0.05) is 6.08 Å². The second-order valence-electron chi connectivity index (χ2n) is 2.51. The first kappa shape index (κ1) is 6.27. The molecule has 11 heavy (non-hydrogen) atoms. The molecule has 2 rings (SSSR count). The highest BCUT2D eigenvalue weighted by Gasteiger charge is 2.11. The van der Waals surface area contributed by atoms with Gasteiger partial charge in [0.1, 0.15) is 5.69 Å². The number of fused-ring (bicyclic) bond motifs is 1. The molecule has 0 fully saturated rings. The minimum absolute atomic E-state index is 0.0362. The summed E-state index contributed by atoms with van der Waals surface area (Å²) in [4.78, 5) is 13.3. The van der Waals surface area contributed by atoms with E-state index in [0.717, 1.165) is 6.42 Å². The molecule has 0 unspecified atom stereocenters. The third-order valence-electron chi connectivity index (χ3n) is 1.80. The number of hydrogen-bond donors (Lipinski definition) is 2. The lowest BCUT2D eigenvalue weighted by molar-refractivity contribution is 0.453. The van der Waals surface area contributed by atoms with Crippen molar-refractivity contribution in [1.29, 1.82) is 0 Å². The van der Waals surface area contributed by atoms with Crippen molar-refractivity contribution in [3.63, 3.8) is 0 Å². The van der Waals surface area contributed by atoms with Crippen molar-refractivity contribution in [1.82, 2.24) is 9.55 Å². The van der Waals surface area contributed by atoms with Gasteiger partial charge in [0, 0.05) is 6.54 Å². The summed E-state index contributed by atoms with van der Waals surface area (Å²) in [5.74, 6) is -0.0362. The Hall–Kier alpha value is -1.45. The normalized spacial score (nSPS) is 14.9. The van der Waals surface area contributed by atoms with E-state index in [2.05, 4.69) is 4.98 Å². The smallest absolute Gasteiger partial charge is 0.328 e. The first-order chi connectivity index (χ1) is 5.29. The molecule has 1 aliphatic heterocycles. The Kier molecular flexibility index (Phi) is 1.15. The van der Waals surface area contributed by atoms with Crippen molar-refractivity contribution in [3.05, 3.63) is 22.3 Å². The van der Waals surface area contributed by atoms with Crippen LogP contribution in [0.2, 0.25) is 0 Å². The Morgan fingerprint density at radius 2 is 2.45 bits per heavy atom. The van der Waals surface area contributed by atoms with Crippen LogP contribution in [-0.2, 0) is 6.54 Å². The van der Waals surface area contributed by atoms with E-state index in [9.17, 15) is 4.79 Å². The van der Waals surface area contributed by atoms with Gasteiger partial charge in [-0.15, -0.1) is 0 Å². The third-order valence-corrected chi connectivity index (χ3v) is 1.80. The summed E-state index contributed by atoms with van der Waals surface area (Å²) in [6.07, 6.45) is 4.53. The Morgan fingerprint density at radius 1 is 1.64 bits per heavy atom. The van der Waals surface area contributed by atoms with E-state index in [0.29, 0.717) is 12.2 Å². The molecule has 0 radical (unpaired) electrons. The van der Waals surface area contributed by atoms with Crippen LogP contribution in [0, 0.1) is 0 Å². The molecule has 2 N–H and O–H groups in total. The Bertz CT molecular complexity index is 359. The monoisotopic (exact) mass is 152 g/mol. The maximum Gasteiger partial charge on any atom is 0.328 e. The Labute approximate surface area is 62.8 Å². The lowest BCUT2D eigenvalue weighted by Gasteiger charge is -2.05. The molecule has 0 aromatic carbocycles. The minimum atomic E-state index is -0.234. The van der Waals surface area contributed by atoms with Crippen molar-refractivity contribution < 1.29 is 5.11 Å². The molecule has 58 valence electrons. The zero-order chi connectivity index (χ0) is 7.84. The first-order valence-corrected chi connectivity index (χ1v) is 3.47. The molecule has 1 aromatic rings. The number of nitrogens with one attached hydrogen (secondary N) is 1. The zero-order valence-corrected chi connectivity index (χ0v) is 5.87. The topological polar surface area (TPSA) is 58.0 Å². The molecule has 0 aliphatic carbocycles. The van der Waals surface area contributed by atoms with Crippen LogP contribution in [0.25, 0.3) is 6.08 Å². The molecule has 0 amide bonds. The molecule has 4 nitrogen and oxygen atoms in total. The van der Waals surface area contributed by atoms with Gasteiger partial charge in [0.05, 0.1) is 0 Å². The molecular weight excluding hydrogens is 144 g/mol. The van der Waals surface area contributed by atoms with E-state index in [1.165, 1.54) is 4.57 Å². The largest absolute Gasteiger partial charge is 0.493 e. The number of H-pyrrole nitrogens is 1. The molecule has 0 bridgehead atoms. The second-order valence-corrected chi connectivity index (χ2v) is 2.51. The predicted molar refractivity (Wildman–Crippen MR) is 40.4 cm³/mol. The number of nitrogens with zero attached hydrogens (tertiary/aromatic N) is 1. The van der Waals surface area contributed by atoms with E-state index in [1.807, 2.05) is 6.08 Å². The molecule has 0 atom stereocenters. The Morgan fingerprint density at radius 3 is 3.18 bits per heavy atom. The highest BCUT2D eigenvalue weighted by Crippen LogP contribution is 2.17. The molecule has 4 heteroatoms. The fourth-order valence-electron chi connectivity index (χ4n) is 1.26. The number of imidazole rings is 1. The fraction of sp³-hybridized carbons (Fsp3) is 0.286. The molecule has 1 aliphatic rings. The number of rotatable bonds is 0. The lowest BCUT2D eigenvalue weighted by atomic mass is 10.2. The van der Waals surface area contributed by atoms with Crippen molar-refractivity contribution in [2.75, 3.05) is 0 Å². The van der Waals surface area contributed by atoms with E-state index < -0.39 is 0 Å². The van der Waals surface area contributed by atoms with Crippen LogP contribution >= 0.6 is 0 Å².